The summed E-state index contributed by atoms with van der Waals surface area (Å²) in [6.07, 6.45) is 16.2. The molecule has 0 unspecified atom stereocenters. The number of methoxy groups -OCH3 is 1. The van der Waals surface area contributed by atoms with Crippen LogP contribution in [0.2, 0.25) is 0 Å². The van der Waals surface area contributed by atoms with Crippen LogP contribution in [0.3, 0.4) is 0 Å². The fraction of sp³-hybridized carbons (Fsp3) is 0.696. The highest BCUT2D eigenvalue weighted by atomic mass is 16.5. The summed E-state index contributed by atoms with van der Waals surface area (Å²) in [5.41, 5.74) is 0.924. The third-order valence-corrected chi connectivity index (χ3v) is 4.99. The first-order valence-electron chi connectivity index (χ1n) is 10.8. The van der Waals surface area contributed by atoms with Crippen molar-refractivity contribution in [3.63, 3.8) is 0 Å². The van der Waals surface area contributed by atoms with E-state index in [1.54, 1.807) is 18.2 Å². The van der Waals surface area contributed by atoms with E-state index >= 15 is 0 Å². The maximum Gasteiger partial charge on any atom is 0.220 e. The van der Waals surface area contributed by atoms with Gasteiger partial charge in [-0.15, -0.1) is 0 Å². The first kappa shape index (κ1) is 23.3. The number of hydrogen-bond acceptors (Lipinski definition) is 3. The molecule has 27 heavy (non-hydrogen) atoms. The van der Waals surface area contributed by atoms with Gasteiger partial charge in [-0.3, -0.25) is 4.79 Å². The number of unbranched alkanes of at least 4 members (excludes halogenated alkanes) is 11. The molecule has 1 aromatic rings. The minimum Gasteiger partial charge on any atom is -0.504 e. The summed E-state index contributed by atoms with van der Waals surface area (Å²) in [4.78, 5) is 11.9. The van der Waals surface area contributed by atoms with Crippen LogP contribution < -0.4 is 10.1 Å². The minimum absolute atomic E-state index is 0.0918. The summed E-state index contributed by atoms with van der Waals surface area (Å²) in [5.74, 6) is 0.640. The number of nitrogens with one attached hydrogen (secondary N) is 1. The zero-order valence-electron chi connectivity index (χ0n) is 17.4. The van der Waals surface area contributed by atoms with Crippen LogP contribution in [0, 0.1) is 0 Å². The van der Waals surface area contributed by atoms with Gasteiger partial charge in [0.25, 0.3) is 0 Å². The number of rotatable bonds is 16. The third kappa shape index (κ3) is 11.6. The van der Waals surface area contributed by atoms with Gasteiger partial charge in [-0.05, 0) is 24.1 Å². The second-order valence-electron chi connectivity index (χ2n) is 7.42. The Morgan fingerprint density at radius 1 is 0.926 bits per heavy atom. The molecular formula is C23H39NO3. The second kappa shape index (κ2) is 15.4. The predicted octanol–water partition coefficient (Wildman–Crippen LogP) is 6.11. The Morgan fingerprint density at radius 3 is 2.04 bits per heavy atom. The number of phenols is 1. The molecule has 4 heteroatoms. The SMILES string of the molecule is CCCCCCCCCCCCCCC(=O)NCc1ccc(O)c(OC)c1. The molecule has 0 spiro atoms. The van der Waals surface area contributed by atoms with Crippen LogP contribution in [0.15, 0.2) is 18.2 Å². The summed E-state index contributed by atoms with van der Waals surface area (Å²) in [6, 6.07) is 5.13. The molecule has 0 aliphatic rings. The molecule has 0 atom stereocenters. The molecule has 1 aromatic carbocycles. The molecule has 0 aliphatic carbocycles. The average molecular weight is 378 g/mol. The quantitative estimate of drug-likeness (QED) is 0.342. The van der Waals surface area contributed by atoms with E-state index in [0.29, 0.717) is 18.7 Å². The van der Waals surface area contributed by atoms with E-state index < -0.39 is 0 Å². The molecule has 1 amide bonds. The van der Waals surface area contributed by atoms with Crippen LogP contribution in [0.4, 0.5) is 0 Å². The average Bonchev–Trinajstić information content (AvgIpc) is 2.68. The van der Waals surface area contributed by atoms with Gasteiger partial charge < -0.3 is 15.2 Å². The van der Waals surface area contributed by atoms with Gasteiger partial charge in [0.2, 0.25) is 5.91 Å². The summed E-state index contributed by atoms with van der Waals surface area (Å²) in [7, 11) is 1.52. The largest absolute Gasteiger partial charge is 0.504 e. The minimum atomic E-state index is 0.0918. The summed E-state index contributed by atoms with van der Waals surface area (Å²) < 4.78 is 5.08. The second-order valence-corrected chi connectivity index (χ2v) is 7.42. The fourth-order valence-corrected chi connectivity index (χ4v) is 3.25. The van der Waals surface area contributed by atoms with Gasteiger partial charge in [-0.25, -0.2) is 0 Å². The number of aromatic hydroxyl groups is 1. The standard InChI is InChI=1S/C23H39NO3/c1-3-4-5-6-7-8-9-10-11-12-13-14-15-23(26)24-19-20-16-17-21(25)22(18-20)27-2/h16-18,25H,3-15,19H2,1-2H3,(H,24,26). The van der Waals surface area contributed by atoms with Gasteiger partial charge >= 0.3 is 0 Å². The van der Waals surface area contributed by atoms with Crippen molar-refractivity contribution in [2.24, 2.45) is 0 Å². The van der Waals surface area contributed by atoms with Crippen molar-refractivity contribution in [2.45, 2.75) is 96.9 Å². The topological polar surface area (TPSA) is 58.6 Å². The Bertz CT molecular complexity index is 516. The van der Waals surface area contributed by atoms with Gasteiger partial charge in [-0.2, -0.15) is 0 Å². The molecule has 4 nitrogen and oxygen atoms in total. The highest BCUT2D eigenvalue weighted by molar-refractivity contribution is 5.75. The lowest BCUT2D eigenvalue weighted by molar-refractivity contribution is -0.121. The van der Waals surface area contributed by atoms with Crippen molar-refractivity contribution in [2.75, 3.05) is 7.11 Å². The van der Waals surface area contributed by atoms with E-state index in [2.05, 4.69) is 12.2 Å². The van der Waals surface area contributed by atoms with Gasteiger partial charge in [0.05, 0.1) is 7.11 Å². The molecule has 0 fully saturated rings. The molecule has 0 saturated carbocycles. The van der Waals surface area contributed by atoms with Gasteiger partial charge in [0.1, 0.15) is 0 Å². The molecule has 154 valence electrons. The van der Waals surface area contributed by atoms with Crippen molar-refractivity contribution in [1.82, 2.24) is 5.32 Å². The zero-order chi connectivity index (χ0) is 19.7. The van der Waals surface area contributed by atoms with E-state index in [4.69, 9.17) is 4.74 Å². The lowest BCUT2D eigenvalue weighted by Gasteiger charge is -2.08. The van der Waals surface area contributed by atoms with Gasteiger partial charge in [0, 0.05) is 13.0 Å². The lowest BCUT2D eigenvalue weighted by atomic mass is 10.0. The number of phenolic OH excluding ortho intramolecular Hbond substituents is 1. The van der Waals surface area contributed by atoms with Crippen LogP contribution in [0.25, 0.3) is 0 Å². The Labute approximate surface area is 165 Å². The Hall–Kier alpha value is -1.71. The first-order valence-corrected chi connectivity index (χ1v) is 10.8. The van der Waals surface area contributed by atoms with Crippen LogP contribution in [0.5, 0.6) is 11.5 Å². The molecule has 2 N–H and O–H groups in total. The Morgan fingerprint density at radius 2 is 1.48 bits per heavy atom. The molecular weight excluding hydrogens is 338 g/mol. The zero-order valence-corrected chi connectivity index (χ0v) is 17.4. The monoisotopic (exact) mass is 377 g/mol. The third-order valence-electron chi connectivity index (χ3n) is 4.99. The lowest BCUT2D eigenvalue weighted by Crippen LogP contribution is -2.22. The molecule has 1 rings (SSSR count). The Kier molecular flexibility index (Phi) is 13.3. The highest BCUT2D eigenvalue weighted by Crippen LogP contribution is 2.26. The number of benzene rings is 1. The fourth-order valence-electron chi connectivity index (χ4n) is 3.25. The Balaban J connectivity index is 1.96. The molecule has 0 saturated heterocycles. The first-order chi connectivity index (χ1) is 13.2. The van der Waals surface area contributed by atoms with Crippen molar-refractivity contribution in [1.29, 1.82) is 0 Å². The number of hydrogen-bond donors (Lipinski definition) is 2. The number of carbonyl (C=O) groups is 1. The van der Waals surface area contributed by atoms with Crippen LogP contribution in [-0.4, -0.2) is 18.1 Å². The van der Waals surface area contributed by atoms with E-state index in [-0.39, 0.29) is 11.7 Å². The normalized spacial score (nSPS) is 10.7. The van der Waals surface area contributed by atoms with Crippen LogP contribution in [0.1, 0.15) is 96.0 Å². The van der Waals surface area contributed by atoms with Crippen molar-refractivity contribution >= 4 is 5.91 Å². The summed E-state index contributed by atoms with van der Waals surface area (Å²) >= 11 is 0. The van der Waals surface area contributed by atoms with Crippen molar-refractivity contribution in [3.05, 3.63) is 23.8 Å². The predicted molar refractivity (Wildman–Crippen MR) is 112 cm³/mol. The van der Waals surface area contributed by atoms with Gasteiger partial charge in [0.15, 0.2) is 11.5 Å². The smallest absolute Gasteiger partial charge is 0.220 e. The van der Waals surface area contributed by atoms with Crippen molar-refractivity contribution in [3.8, 4) is 11.5 Å². The van der Waals surface area contributed by atoms with Crippen LogP contribution >= 0.6 is 0 Å². The van der Waals surface area contributed by atoms with Gasteiger partial charge in [-0.1, -0.05) is 83.6 Å². The number of ether oxygens (including phenoxy) is 1. The summed E-state index contributed by atoms with van der Waals surface area (Å²) in [6.45, 7) is 2.73. The molecule has 0 bridgehead atoms. The molecule has 0 radical (unpaired) electrons. The molecule has 0 aromatic heterocycles. The number of carbonyl (C=O) groups excluding carboxylic acids is 1. The van der Waals surface area contributed by atoms with Crippen LogP contribution in [-0.2, 0) is 11.3 Å². The maximum atomic E-state index is 11.9. The molecule has 0 heterocycles. The van der Waals surface area contributed by atoms with E-state index in [9.17, 15) is 9.90 Å². The summed E-state index contributed by atoms with van der Waals surface area (Å²) in [5, 5.41) is 12.5. The van der Waals surface area contributed by atoms with E-state index in [1.807, 2.05) is 0 Å². The maximum absolute atomic E-state index is 11.9. The number of amides is 1. The highest BCUT2D eigenvalue weighted by Gasteiger charge is 2.05. The van der Waals surface area contributed by atoms with Crippen molar-refractivity contribution < 1.29 is 14.6 Å². The molecule has 0 aliphatic heterocycles. The van der Waals surface area contributed by atoms with E-state index in [1.165, 1.54) is 71.3 Å². The van der Waals surface area contributed by atoms with E-state index in [0.717, 1.165) is 18.4 Å².